The molecular formula is C16H24N2O. The molecule has 1 amide bonds. The lowest BCUT2D eigenvalue weighted by molar-refractivity contribution is -0.133. The Balaban J connectivity index is 1.91. The third-order valence-electron chi connectivity index (χ3n) is 3.85. The number of para-hydroxylation sites is 1. The summed E-state index contributed by atoms with van der Waals surface area (Å²) in [5.41, 5.74) is 2.44. The average Bonchev–Trinajstić information content (AvgIpc) is 2.46. The Morgan fingerprint density at radius 2 is 2.16 bits per heavy atom. The Bertz CT molecular complexity index is 431. The lowest BCUT2D eigenvalue weighted by Crippen LogP contribution is -2.39. The van der Waals surface area contributed by atoms with Crippen molar-refractivity contribution in [2.45, 2.75) is 32.6 Å². The maximum Gasteiger partial charge on any atom is 0.227 e. The summed E-state index contributed by atoms with van der Waals surface area (Å²) >= 11 is 0. The van der Waals surface area contributed by atoms with Crippen LogP contribution in [0, 0.1) is 5.92 Å². The van der Waals surface area contributed by atoms with Gasteiger partial charge in [0.25, 0.3) is 0 Å². The summed E-state index contributed by atoms with van der Waals surface area (Å²) in [6.45, 7) is 3.82. The van der Waals surface area contributed by atoms with Crippen LogP contribution in [0.1, 0.15) is 31.7 Å². The standard InChI is InChI=1S/C16H24N2O/c1-3-4-7-10-18(2)16(19)14-11-13-8-5-6-9-15(13)17-12-14/h5-6,8-9,14,17H,3-4,7,10-12H2,1-2H3. The molecule has 2 rings (SSSR count). The van der Waals surface area contributed by atoms with Crippen LogP contribution in [0.25, 0.3) is 0 Å². The third-order valence-corrected chi connectivity index (χ3v) is 3.85. The van der Waals surface area contributed by atoms with Gasteiger partial charge in [-0.25, -0.2) is 0 Å². The zero-order valence-corrected chi connectivity index (χ0v) is 12.0. The zero-order chi connectivity index (χ0) is 13.7. The van der Waals surface area contributed by atoms with Gasteiger partial charge < -0.3 is 10.2 Å². The first kappa shape index (κ1) is 13.9. The molecule has 0 bridgehead atoms. The molecule has 1 atom stereocenters. The maximum atomic E-state index is 12.4. The fraction of sp³-hybridized carbons (Fsp3) is 0.562. The summed E-state index contributed by atoms with van der Waals surface area (Å²) in [4.78, 5) is 14.3. The molecule has 1 aromatic carbocycles. The van der Waals surface area contributed by atoms with Crippen LogP contribution >= 0.6 is 0 Å². The summed E-state index contributed by atoms with van der Waals surface area (Å²) in [6, 6.07) is 8.27. The van der Waals surface area contributed by atoms with E-state index in [0.717, 1.165) is 25.9 Å². The molecule has 1 aliphatic rings. The van der Waals surface area contributed by atoms with Gasteiger partial charge >= 0.3 is 0 Å². The highest BCUT2D eigenvalue weighted by Crippen LogP contribution is 2.25. The number of rotatable bonds is 5. The monoisotopic (exact) mass is 260 g/mol. The lowest BCUT2D eigenvalue weighted by atomic mass is 9.93. The van der Waals surface area contributed by atoms with Gasteiger partial charge in [-0.3, -0.25) is 4.79 Å². The van der Waals surface area contributed by atoms with Crippen LogP contribution in [0.2, 0.25) is 0 Å². The summed E-state index contributed by atoms with van der Waals surface area (Å²) in [5, 5.41) is 3.37. The Morgan fingerprint density at radius 1 is 1.37 bits per heavy atom. The van der Waals surface area contributed by atoms with Crippen molar-refractivity contribution in [3.63, 3.8) is 0 Å². The number of hydrogen-bond acceptors (Lipinski definition) is 2. The number of anilines is 1. The molecule has 1 N–H and O–H groups in total. The van der Waals surface area contributed by atoms with Gasteiger partial charge in [-0.05, 0) is 24.5 Å². The van der Waals surface area contributed by atoms with Crippen LogP contribution in [0.3, 0.4) is 0 Å². The van der Waals surface area contributed by atoms with Gasteiger partial charge in [-0.1, -0.05) is 38.0 Å². The van der Waals surface area contributed by atoms with E-state index in [-0.39, 0.29) is 11.8 Å². The SMILES string of the molecule is CCCCCN(C)C(=O)C1CNc2ccccc2C1. The molecule has 104 valence electrons. The third kappa shape index (κ3) is 3.49. The van der Waals surface area contributed by atoms with Crippen molar-refractivity contribution in [2.75, 3.05) is 25.5 Å². The predicted molar refractivity (Wildman–Crippen MR) is 79.3 cm³/mol. The smallest absolute Gasteiger partial charge is 0.227 e. The number of carbonyl (C=O) groups excluding carboxylic acids is 1. The molecule has 1 unspecified atom stereocenters. The minimum Gasteiger partial charge on any atom is -0.384 e. The van der Waals surface area contributed by atoms with E-state index < -0.39 is 0 Å². The van der Waals surface area contributed by atoms with Crippen LogP contribution < -0.4 is 5.32 Å². The number of fused-ring (bicyclic) bond motifs is 1. The molecule has 0 aromatic heterocycles. The highest BCUT2D eigenvalue weighted by atomic mass is 16.2. The Kier molecular flexibility index (Phi) is 4.83. The largest absolute Gasteiger partial charge is 0.384 e. The van der Waals surface area contributed by atoms with Crippen LogP contribution in [0.4, 0.5) is 5.69 Å². The molecule has 1 heterocycles. The molecule has 0 aliphatic carbocycles. The number of nitrogens with one attached hydrogen (secondary N) is 1. The average molecular weight is 260 g/mol. The number of hydrogen-bond donors (Lipinski definition) is 1. The molecule has 1 aromatic rings. The van der Waals surface area contributed by atoms with Gasteiger partial charge in [0.05, 0.1) is 5.92 Å². The highest BCUT2D eigenvalue weighted by molar-refractivity contribution is 5.80. The number of amides is 1. The Hall–Kier alpha value is -1.51. The zero-order valence-electron chi connectivity index (χ0n) is 12.0. The van der Waals surface area contributed by atoms with Gasteiger partial charge in [0, 0.05) is 25.8 Å². The molecule has 3 heteroatoms. The van der Waals surface area contributed by atoms with Crippen molar-refractivity contribution in [1.29, 1.82) is 0 Å². The van der Waals surface area contributed by atoms with E-state index >= 15 is 0 Å². The van der Waals surface area contributed by atoms with Gasteiger partial charge in [-0.2, -0.15) is 0 Å². The topological polar surface area (TPSA) is 32.3 Å². The first-order valence-electron chi connectivity index (χ1n) is 7.29. The Labute approximate surface area is 116 Å². The van der Waals surface area contributed by atoms with Crippen molar-refractivity contribution in [2.24, 2.45) is 5.92 Å². The molecule has 3 nitrogen and oxygen atoms in total. The number of nitrogens with zero attached hydrogens (tertiary/aromatic N) is 1. The maximum absolute atomic E-state index is 12.4. The molecule has 0 saturated carbocycles. The second-order valence-electron chi connectivity index (χ2n) is 5.41. The van der Waals surface area contributed by atoms with Gasteiger partial charge in [-0.15, -0.1) is 0 Å². The fourth-order valence-electron chi connectivity index (χ4n) is 2.64. The molecule has 1 aliphatic heterocycles. The summed E-state index contributed by atoms with van der Waals surface area (Å²) < 4.78 is 0. The van der Waals surface area contributed by atoms with Crippen molar-refractivity contribution >= 4 is 11.6 Å². The van der Waals surface area contributed by atoms with Crippen LogP contribution in [0.15, 0.2) is 24.3 Å². The van der Waals surface area contributed by atoms with Crippen LogP contribution in [0.5, 0.6) is 0 Å². The second kappa shape index (κ2) is 6.60. The quantitative estimate of drug-likeness (QED) is 0.826. The summed E-state index contributed by atoms with van der Waals surface area (Å²) in [6.07, 6.45) is 4.36. The minimum atomic E-state index is 0.0847. The Morgan fingerprint density at radius 3 is 2.95 bits per heavy atom. The summed E-state index contributed by atoms with van der Waals surface area (Å²) in [7, 11) is 1.93. The molecule has 0 saturated heterocycles. The molecule has 19 heavy (non-hydrogen) atoms. The minimum absolute atomic E-state index is 0.0847. The molecular weight excluding hydrogens is 236 g/mol. The summed E-state index contributed by atoms with van der Waals surface area (Å²) in [5.74, 6) is 0.361. The van der Waals surface area contributed by atoms with E-state index in [4.69, 9.17) is 0 Å². The van der Waals surface area contributed by atoms with Crippen molar-refractivity contribution in [3.05, 3.63) is 29.8 Å². The first-order valence-corrected chi connectivity index (χ1v) is 7.29. The van der Waals surface area contributed by atoms with E-state index in [1.807, 2.05) is 24.1 Å². The van der Waals surface area contributed by atoms with Crippen LogP contribution in [-0.2, 0) is 11.2 Å². The molecule has 0 spiro atoms. The van der Waals surface area contributed by atoms with E-state index in [1.54, 1.807) is 0 Å². The van der Waals surface area contributed by atoms with Crippen molar-refractivity contribution in [3.8, 4) is 0 Å². The number of carbonyl (C=O) groups is 1. The number of unbranched alkanes of at least 4 members (excludes halogenated alkanes) is 2. The van der Waals surface area contributed by atoms with Crippen molar-refractivity contribution < 1.29 is 4.79 Å². The fourth-order valence-corrected chi connectivity index (χ4v) is 2.64. The second-order valence-corrected chi connectivity index (χ2v) is 5.41. The highest BCUT2D eigenvalue weighted by Gasteiger charge is 2.26. The normalized spacial score (nSPS) is 17.5. The van der Waals surface area contributed by atoms with E-state index in [1.165, 1.54) is 24.1 Å². The van der Waals surface area contributed by atoms with Gasteiger partial charge in [0.15, 0.2) is 0 Å². The van der Waals surface area contributed by atoms with Crippen LogP contribution in [-0.4, -0.2) is 30.9 Å². The first-order chi connectivity index (χ1) is 9.22. The van der Waals surface area contributed by atoms with Crippen molar-refractivity contribution in [1.82, 2.24) is 4.90 Å². The number of benzene rings is 1. The molecule has 0 radical (unpaired) electrons. The lowest BCUT2D eigenvalue weighted by Gasteiger charge is -2.29. The van der Waals surface area contributed by atoms with E-state index in [9.17, 15) is 4.79 Å². The predicted octanol–water partition coefficient (Wildman–Crippen LogP) is 2.92. The van der Waals surface area contributed by atoms with E-state index in [2.05, 4.69) is 24.4 Å². The van der Waals surface area contributed by atoms with Gasteiger partial charge in [0.2, 0.25) is 5.91 Å². The van der Waals surface area contributed by atoms with E-state index in [0.29, 0.717) is 0 Å². The molecule has 0 fully saturated rings. The van der Waals surface area contributed by atoms with Gasteiger partial charge in [0.1, 0.15) is 0 Å².